The number of benzene rings is 2. The first-order valence-electron chi connectivity index (χ1n) is 7.44. The molecule has 0 aliphatic carbocycles. The van der Waals surface area contributed by atoms with E-state index in [0.717, 1.165) is 11.1 Å². The smallest absolute Gasteiger partial charge is 0.320 e. The first-order chi connectivity index (χ1) is 11.4. The van der Waals surface area contributed by atoms with E-state index in [-0.39, 0.29) is 19.5 Å². The SMILES string of the molecule is N[C@@H](Cc1ccccc1)C(=O)O.N[C@@H](Cc1ccccc1)C(=O)O.[Zn]. The third-order valence-corrected chi connectivity index (χ3v) is 3.23. The molecule has 130 valence electrons. The zero-order chi connectivity index (χ0) is 17.9. The van der Waals surface area contributed by atoms with Crippen LogP contribution in [-0.2, 0) is 41.9 Å². The van der Waals surface area contributed by atoms with Gasteiger partial charge >= 0.3 is 11.9 Å². The Labute approximate surface area is 159 Å². The van der Waals surface area contributed by atoms with Crippen molar-refractivity contribution >= 4 is 11.9 Å². The number of rotatable bonds is 6. The minimum Gasteiger partial charge on any atom is -0.480 e. The van der Waals surface area contributed by atoms with Gasteiger partial charge in [0, 0.05) is 19.5 Å². The molecule has 0 aliphatic heterocycles. The van der Waals surface area contributed by atoms with Crippen molar-refractivity contribution in [2.45, 2.75) is 24.9 Å². The molecule has 6 nitrogen and oxygen atoms in total. The van der Waals surface area contributed by atoms with Crippen LogP contribution in [0.2, 0.25) is 0 Å². The summed E-state index contributed by atoms with van der Waals surface area (Å²) in [6, 6.07) is 17.1. The number of hydrogen-bond acceptors (Lipinski definition) is 4. The second kappa shape index (κ2) is 12.3. The van der Waals surface area contributed by atoms with E-state index in [1.54, 1.807) is 0 Å². The molecule has 0 aliphatic rings. The minimum absolute atomic E-state index is 0. The summed E-state index contributed by atoms with van der Waals surface area (Å²) in [4.78, 5) is 20.8. The number of hydrogen-bond donors (Lipinski definition) is 4. The molecule has 6 N–H and O–H groups in total. The van der Waals surface area contributed by atoms with Crippen molar-refractivity contribution in [2.75, 3.05) is 0 Å². The summed E-state index contributed by atoms with van der Waals surface area (Å²) >= 11 is 0. The van der Waals surface area contributed by atoms with Gasteiger partial charge in [0.1, 0.15) is 12.1 Å². The Morgan fingerprint density at radius 1 is 0.720 bits per heavy atom. The molecule has 0 amide bonds. The molecule has 0 bridgehead atoms. The average Bonchev–Trinajstić information content (AvgIpc) is 2.57. The summed E-state index contributed by atoms with van der Waals surface area (Å²) in [6.07, 6.45) is 0.770. The zero-order valence-electron chi connectivity index (χ0n) is 13.9. The van der Waals surface area contributed by atoms with Crippen LogP contribution in [0.15, 0.2) is 60.7 Å². The summed E-state index contributed by atoms with van der Waals surface area (Å²) < 4.78 is 0. The number of carboxylic acids is 2. The van der Waals surface area contributed by atoms with E-state index in [2.05, 4.69) is 0 Å². The average molecular weight is 396 g/mol. The number of nitrogens with two attached hydrogens (primary N) is 2. The fraction of sp³-hybridized carbons (Fsp3) is 0.222. The fourth-order valence-electron chi connectivity index (χ4n) is 1.91. The molecule has 7 heteroatoms. The van der Waals surface area contributed by atoms with Crippen molar-refractivity contribution in [1.82, 2.24) is 0 Å². The Hall–Kier alpha value is -2.08. The topological polar surface area (TPSA) is 127 Å². The molecule has 0 unspecified atom stereocenters. The van der Waals surface area contributed by atoms with Crippen molar-refractivity contribution in [2.24, 2.45) is 11.5 Å². The van der Waals surface area contributed by atoms with Gasteiger partial charge in [-0.25, -0.2) is 0 Å². The van der Waals surface area contributed by atoms with E-state index >= 15 is 0 Å². The van der Waals surface area contributed by atoms with Crippen LogP contribution in [0.5, 0.6) is 0 Å². The molecular weight excluding hydrogens is 374 g/mol. The van der Waals surface area contributed by atoms with E-state index in [9.17, 15) is 9.59 Å². The van der Waals surface area contributed by atoms with Gasteiger partial charge in [-0.1, -0.05) is 60.7 Å². The molecule has 2 atom stereocenters. The van der Waals surface area contributed by atoms with Crippen LogP contribution >= 0.6 is 0 Å². The maximum Gasteiger partial charge on any atom is 0.320 e. The van der Waals surface area contributed by atoms with Crippen molar-refractivity contribution in [3.63, 3.8) is 0 Å². The predicted molar refractivity (Wildman–Crippen MR) is 91.5 cm³/mol. The largest absolute Gasteiger partial charge is 0.480 e. The molecule has 0 aromatic heterocycles. The first kappa shape index (κ1) is 22.9. The maximum atomic E-state index is 10.4. The third-order valence-electron chi connectivity index (χ3n) is 3.23. The van der Waals surface area contributed by atoms with E-state index in [4.69, 9.17) is 21.7 Å². The molecule has 25 heavy (non-hydrogen) atoms. The third kappa shape index (κ3) is 9.72. The normalized spacial score (nSPS) is 11.9. The predicted octanol–water partition coefficient (Wildman–Crippen LogP) is 1.28. The number of aliphatic carboxylic acids is 2. The van der Waals surface area contributed by atoms with Crippen molar-refractivity contribution in [3.05, 3.63) is 71.8 Å². The van der Waals surface area contributed by atoms with E-state index in [0.29, 0.717) is 12.8 Å². The van der Waals surface area contributed by atoms with Gasteiger partial charge in [0.15, 0.2) is 0 Å². The van der Waals surface area contributed by atoms with Gasteiger partial charge in [0.2, 0.25) is 0 Å². The van der Waals surface area contributed by atoms with Crippen LogP contribution in [0.3, 0.4) is 0 Å². The molecule has 0 radical (unpaired) electrons. The van der Waals surface area contributed by atoms with Crippen LogP contribution in [0, 0.1) is 0 Å². The monoisotopic (exact) mass is 394 g/mol. The molecule has 2 aromatic carbocycles. The quantitative estimate of drug-likeness (QED) is 0.546. The minimum atomic E-state index is -0.959. The summed E-state index contributed by atoms with van der Waals surface area (Å²) in [5, 5.41) is 17.0. The van der Waals surface area contributed by atoms with E-state index < -0.39 is 24.0 Å². The van der Waals surface area contributed by atoms with Crippen molar-refractivity contribution in [1.29, 1.82) is 0 Å². The van der Waals surface area contributed by atoms with Crippen LogP contribution in [-0.4, -0.2) is 34.2 Å². The molecule has 0 fully saturated rings. The molecule has 0 saturated carbocycles. The first-order valence-corrected chi connectivity index (χ1v) is 7.44. The fourth-order valence-corrected chi connectivity index (χ4v) is 1.91. The number of carboxylic acid groups (broad SMARTS) is 2. The van der Waals surface area contributed by atoms with Gasteiger partial charge in [0.25, 0.3) is 0 Å². The van der Waals surface area contributed by atoms with Crippen LogP contribution in [0.25, 0.3) is 0 Å². The van der Waals surface area contributed by atoms with E-state index in [1.165, 1.54) is 0 Å². The summed E-state index contributed by atoms with van der Waals surface area (Å²) in [5.41, 5.74) is 12.6. The second-order valence-corrected chi connectivity index (χ2v) is 5.27. The van der Waals surface area contributed by atoms with Crippen molar-refractivity contribution < 1.29 is 39.3 Å². The Morgan fingerprint density at radius 2 is 1.00 bits per heavy atom. The molecule has 0 heterocycles. The van der Waals surface area contributed by atoms with Crippen LogP contribution in [0.4, 0.5) is 0 Å². The van der Waals surface area contributed by atoms with Gasteiger partial charge in [0.05, 0.1) is 0 Å². The Balaban J connectivity index is 0.000000443. The molecule has 0 spiro atoms. The van der Waals surface area contributed by atoms with Gasteiger partial charge in [-0.15, -0.1) is 0 Å². The summed E-state index contributed by atoms with van der Waals surface area (Å²) in [5.74, 6) is -1.92. The van der Waals surface area contributed by atoms with E-state index in [1.807, 2.05) is 60.7 Å². The maximum absolute atomic E-state index is 10.4. The Bertz CT molecular complexity index is 581. The summed E-state index contributed by atoms with van der Waals surface area (Å²) in [6.45, 7) is 0. The Morgan fingerprint density at radius 3 is 1.24 bits per heavy atom. The second-order valence-electron chi connectivity index (χ2n) is 5.27. The van der Waals surface area contributed by atoms with Gasteiger partial charge in [-0.2, -0.15) is 0 Å². The van der Waals surface area contributed by atoms with Gasteiger partial charge in [-0.3, -0.25) is 9.59 Å². The van der Waals surface area contributed by atoms with Crippen molar-refractivity contribution in [3.8, 4) is 0 Å². The Kier molecular flexibility index (Phi) is 11.3. The number of carbonyl (C=O) groups is 2. The zero-order valence-corrected chi connectivity index (χ0v) is 16.9. The van der Waals surface area contributed by atoms with Crippen LogP contribution < -0.4 is 11.5 Å². The standard InChI is InChI=1S/2C9H11NO2.Zn/c2*10-8(9(11)12)6-7-4-2-1-3-5-7;/h2*1-5,8H,6,10H2,(H,11,12);/t2*8-;/m00./s1. The molecular formula is C18H22N2O4Zn. The van der Waals surface area contributed by atoms with Gasteiger partial charge in [-0.05, 0) is 24.0 Å². The molecule has 0 saturated heterocycles. The van der Waals surface area contributed by atoms with Crippen LogP contribution in [0.1, 0.15) is 11.1 Å². The summed E-state index contributed by atoms with van der Waals surface area (Å²) in [7, 11) is 0. The molecule has 2 aromatic rings. The van der Waals surface area contributed by atoms with Gasteiger partial charge < -0.3 is 21.7 Å². The molecule has 2 rings (SSSR count).